The third-order valence-corrected chi connectivity index (χ3v) is 4.85. The second-order valence-corrected chi connectivity index (χ2v) is 7.86. The summed E-state index contributed by atoms with van der Waals surface area (Å²) in [5, 5.41) is 4.81. The van der Waals surface area contributed by atoms with Crippen LogP contribution >= 0.6 is 11.3 Å². The van der Waals surface area contributed by atoms with Crippen molar-refractivity contribution < 1.29 is 9.59 Å². The van der Waals surface area contributed by atoms with E-state index in [1.165, 1.54) is 11.3 Å². The molecular formula is C16H26N4O2S. The number of anilines is 1. The summed E-state index contributed by atoms with van der Waals surface area (Å²) >= 11 is 1.52. The molecule has 3 amide bonds. The van der Waals surface area contributed by atoms with Gasteiger partial charge in [0.05, 0.1) is 10.7 Å². The first-order chi connectivity index (χ1) is 10.8. The van der Waals surface area contributed by atoms with Crippen LogP contribution in [0.1, 0.15) is 43.8 Å². The molecule has 0 spiro atoms. The summed E-state index contributed by atoms with van der Waals surface area (Å²) in [6.45, 7) is 7.54. The fourth-order valence-electron chi connectivity index (χ4n) is 2.97. The Balaban J connectivity index is 2.00. The van der Waals surface area contributed by atoms with Gasteiger partial charge in [0.25, 0.3) is 0 Å². The van der Waals surface area contributed by atoms with Crippen molar-refractivity contribution >= 4 is 28.3 Å². The van der Waals surface area contributed by atoms with E-state index in [4.69, 9.17) is 5.73 Å². The van der Waals surface area contributed by atoms with Gasteiger partial charge in [-0.15, -0.1) is 11.3 Å². The highest BCUT2D eigenvalue weighted by molar-refractivity contribution is 7.16. The van der Waals surface area contributed by atoms with E-state index in [2.05, 4.69) is 24.1 Å². The Kier molecular flexibility index (Phi) is 5.98. The van der Waals surface area contributed by atoms with Crippen LogP contribution in [0, 0.1) is 18.8 Å². The zero-order valence-corrected chi connectivity index (χ0v) is 14.9. The number of hydrogen-bond donors (Lipinski definition) is 2. The van der Waals surface area contributed by atoms with Crippen LogP contribution in [0.3, 0.4) is 0 Å². The van der Waals surface area contributed by atoms with Gasteiger partial charge >= 0.3 is 6.03 Å². The van der Waals surface area contributed by atoms with E-state index in [0.717, 1.165) is 41.5 Å². The zero-order chi connectivity index (χ0) is 17.0. The van der Waals surface area contributed by atoms with Gasteiger partial charge in [-0.2, -0.15) is 0 Å². The van der Waals surface area contributed by atoms with Crippen molar-refractivity contribution in [3.05, 3.63) is 10.7 Å². The molecule has 0 bridgehead atoms. The maximum atomic E-state index is 12.5. The first kappa shape index (κ1) is 17.7. The van der Waals surface area contributed by atoms with E-state index < -0.39 is 0 Å². The maximum Gasteiger partial charge on any atom is 0.322 e. The number of carbonyl (C=O) groups is 2. The molecule has 0 saturated carbocycles. The van der Waals surface area contributed by atoms with Crippen LogP contribution in [0.5, 0.6) is 0 Å². The number of amides is 3. The minimum Gasteiger partial charge on any atom is -0.370 e. The van der Waals surface area contributed by atoms with Crippen LogP contribution in [0.15, 0.2) is 0 Å². The smallest absolute Gasteiger partial charge is 0.322 e. The van der Waals surface area contributed by atoms with Gasteiger partial charge in [-0.3, -0.25) is 10.1 Å². The van der Waals surface area contributed by atoms with E-state index in [1.54, 1.807) is 4.90 Å². The molecule has 128 valence electrons. The first-order valence-electron chi connectivity index (χ1n) is 8.15. The molecule has 2 rings (SSSR count). The number of nitrogens with one attached hydrogen (secondary N) is 1. The SMILES string of the molecule is Cc1nc(CC(C)C)c(NC(=O)N2CCC[C@H](CC(N)=O)C2)s1. The Labute approximate surface area is 141 Å². The lowest BCUT2D eigenvalue weighted by atomic mass is 9.95. The van der Waals surface area contributed by atoms with Crippen LogP contribution in [-0.4, -0.2) is 34.9 Å². The number of primary amides is 1. The van der Waals surface area contributed by atoms with Crippen molar-refractivity contribution in [2.24, 2.45) is 17.6 Å². The fourth-order valence-corrected chi connectivity index (χ4v) is 3.81. The number of thiazole rings is 1. The number of likely N-dealkylation sites (tertiary alicyclic amines) is 1. The van der Waals surface area contributed by atoms with Crippen molar-refractivity contribution in [1.82, 2.24) is 9.88 Å². The fraction of sp³-hybridized carbons (Fsp3) is 0.688. The quantitative estimate of drug-likeness (QED) is 0.865. The van der Waals surface area contributed by atoms with Crippen molar-refractivity contribution in [3.8, 4) is 0 Å². The van der Waals surface area contributed by atoms with Crippen molar-refractivity contribution in [3.63, 3.8) is 0 Å². The molecule has 7 heteroatoms. The monoisotopic (exact) mass is 338 g/mol. The lowest BCUT2D eigenvalue weighted by Crippen LogP contribution is -2.43. The lowest BCUT2D eigenvalue weighted by molar-refractivity contribution is -0.119. The normalized spacial score (nSPS) is 18.3. The van der Waals surface area contributed by atoms with Crippen molar-refractivity contribution in [1.29, 1.82) is 0 Å². The minimum atomic E-state index is -0.297. The number of nitrogens with two attached hydrogens (primary N) is 1. The van der Waals surface area contributed by atoms with Crippen LogP contribution in [0.2, 0.25) is 0 Å². The minimum absolute atomic E-state index is 0.104. The predicted molar refractivity (Wildman–Crippen MR) is 92.5 cm³/mol. The highest BCUT2D eigenvalue weighted by Crippen LogP contribution is 2.27. The third kappa shape index (κ3) is 5.20. The van der Waals surface area contributed by atoms with Crippen molar-refractivity contribution in [2.45, 2.75) is 46.5 Å². The van der Waals surface area contributed by atoms with E-state index in [9.17, 15) is 9.59 Å². The molecule has 1 aromatic rings. The van der Waals surface area contributed by atoms with Gasteiger partial charge in [-0.05, 0) is 38.0 Å². The third-order valence-electron chi connectivity index (χ3n) is 3.92. The highest BCUT2D eigenvalue weighted by Gasteiger charge is 2.25. The molecule has 1 saturated heterocycles. The molecule has 1 aromatic heterocycles. The molecule has 1 atom stereocenters. The van der Waals surface area contributed by atoms with Gasteiger partial charge in [0.2, 0.25) is 5.91 Å². The van der Waals surface area contributed by atoms with Gasteiger partial charge in [0, 0.05) is 19.5 Å². The van der Waals surface area contributed by atoms with E-state index in [0.29, 0.717) is 18.9 Å². The number of hydrogen-bond acceptors (Lipinski definition) is 4. The molecule has 1 fully saturated rings. The van der Waals surface area contributed by atoms with Crippen molar-refractivity contribution in [2.75, 3.05) is 18.4 Å². The predicted octanol–water partition coefficient (Wildman–Crippen LogP) is 2.77. The number of piperidine rings is 1. The molecule has 0 aromatic carbocycles. The molecule has 23 heavy (non-hydrogen) atoms. The Morgan fingerprint density at radius 2 is 2.22 bits per heavy atom. The molecular weight excluding hydrogens is 312 g/mol. The lowest BCUT2D eigenvalue weighted by Gasteiger charge is -2.32. The number of aryl methyl sites for hydroxylation is 1. The Bertz CT molecular complexity index is 570. The Morgan fingerprint density at radius 3 is 2.87 bits per heavy atom. The van der Waals surface area contributed by atoms with Gasteiger partial charge in [-0.1, -0.05) is 13.8 Å². The molecule has 1 aliphatic heterocycles. The van der Waals surface area contributed by atoms with Crippen LogP contribution in [0.25, 0.3) is 0 Å². The molecule has 3 N–H and O–H groups in total. The standard InChI is InChI=1S/C16H26N4O2S/c1-10(2)7-13-15(23-11(3)18-13)19-16(22)20-6-4-5-12(9-20)8-14(17)21/h10,12H,4-9H2,1-3H3,(H2,17,21)(H,19,22)/t12-/m1/s1. The first-order valence-corrected chi connectivity index (χ1v) is 8.97. The summed E-state index contributed by atoms with van der Waals surface area (Å²) in [7, 11) is 0. The van der Waals surface area contributed by atoms with Gasteiger partial charge in [0.15, 0.2) is 0 Å². The number of carbonyl (C=O) groups excluding carboxylic acids is 2. The van der Waals surface area contributed by atoms with E-state index >= 15 is 0 Å². The molecule has 0 radical (unpaired) electrons. The highest BCUT2D eigenvalue weighted by atomic mass is 32.1. The summed E-state index contributed by atoms with van der Waals surface area (Å²) in [6, 6.07) is -0.104. The Morgan fingerprint density at radius 1 is 1.48 bits per heavy atom. The average molecular weight is 338 g/mol. The second kappa shape index (κ2) is 7.77. The molecule has 0 aliphatic carbocycles. The summed E-state index contributed by atoms with van der Waals surface area (Å²) in [5.41, 5.74) is 6.23. The molecule has 6 nitrogen and oxygen atoms in total. The largest absolute Gasteiger partial charge is 0.370 e. The van der Waals surface area contributed by atoms with Gasteiger partial charge in [-0.25, -0.2) is 9.78 Å². The average Bonchev–Trinajstić information content (AvgIpc) is 2.77. The molecule has 0 unspecified atom stereocenters. The molecule has 1 aliphatic rings. The topological polar surface area (TPSA) is 88.3 Å². The second-order valence-electron chi connectivity index (χ2n) is 6.66. The van der Waals surface area contributed by atoms with E-state index in [1.807, 2.05) is 6.92 Å². The van der Waals surface area contributed by atoms with Gasteiger partial charge < -0.3 is 10.6 Å². The van der Waals surface area contributed by atoms with Crippen LogP contribution in [-0.2, 0) is 11.2 Å². The summed E-state index contributed by atoms with van der Waals surface area (Å²) in [6.07, 6.45) is 3.06. The Hall–Kier alpha value is -1.63. The van der Waals surface area contributed by atoms with E-state index in [-0.39, 0.29) is 17.9 Å². The molecule has 2 heterocycles. The van der Waals surface area contributed by atoms with Crippen LogP contribution < -0.4 is 11.1 Å². The van der Waals surface area contributed by atoms with Crippen LogP contribution in [0.4, 0.5) is 9.80 Å². The summed E-state index contributed by atoms with van der Waals surface area (Å²) in [4.78, 5) is 29.9. The summed E-state index contributed by atoms with van der Waals surface area (Å²) < 4.78 is 0. The number of rotatable bonds is 5. The number of nitrogens with zero attached hydrogens (tertiary/aromatic N) is 2. The summed E-state index contributed by atoms with van der Waals surface area (Å²) in [5.74, 6) is 0.363. The number of aromatic nitrogens is 1. The zero-order valence-electron chi connectivity index (χ0n) is 14.1. The number of urea groups is 1. The van der Waals surface area contributed by atoms with Gasteiger partial charge in [0.1, 0.15) is 5.00 Å². The maximum absolute atomic E-state index is 12.5.